The monoisotopic (exact) mass is 620 g/mol. The first-order valence-electron chi connectivity index (χ1n) is 6.84. The SMILES string of the molecule is O=S(=O)([O-])C(F)(F)C(F)(F)C(F)(F)C(F)(F)C(F)(F)C(F)(F)C(F)(F)C(F)(F)C(F)C(F)(F)F.[K+]. The summed E-state index contributed by atoms with van der Waals surface area (Å²) in [5.41, 5.74) is 0. The number of hydrogen-bond acceptors (Lipinski definition) is 3. The maximum Gasteiger partial charge on any atom is 1.00 e. The van der Waals surface area contributed by atoms with Gasteiger partial charge < -0.3 is 4.55 Å². The minimum atomic E-state index is -9.21. The maximum atomic E-state index is 13.3. The summed E-state index contributed by atoms with van der Waals surface area (Å²) < 4.78 is 287. The molecule has 0 aromatic carbocycles. The summed E-state index contributed by atoms with van der Waals surface area (Å²) in [5, 5.41) is -8.11. The predicted octanol–water partition coefficient (Wildman–Crippen LogP) is 2.48. The molecule has 0 amide bonds. The molecule has 0 saturated heterocycles. The Kier molecular flexibility index (Phi) is 10.0. The number of hydrogen-bond donors (Lipinski definition) is 0. The molecule has 0 N–H and O–H groups in total. The van der Waals surface area contributed by atoms with Crippen molar-refractivity contribution < 1.29 is 152 Å². The second-order valence-electron chi connectivity index (χ2n) is 5.94. The first-order chi connectivity index (χ1) is 14.2. The molecule has 0 spiro atoms. The fourth-order valence-corrected chi connectivity index (χ4v) is 2.14. The fourth-order valence-electron chi connectivity index (χ4n) is 1.70. The van der Waals surface area contributed by atoms with Crippen LogP contribution in [0.3, 0.4) is 0 Å². The summed E-state index contributed by atoms with van der Waals surface area (Å²) in [6.45, 7) is 0. The van der Waals surface area contributed by atoms with Crippen molar-refractivity contribution in [2.45, 2.75) is 59.1 Å². The van der Waals surface area contributed by atoms with Gasteiger partial charge in [0, 0.05) is 0 Å². The Morgan fingerprint density at radius 1 is 0.486 bits per heavy atom. The third-order valence-electron chi connectivity index (χ3n) is 3.68. The summed E-state index contributed by atoms with van der Waals surface area (Å²) in [6.07, 6.45) is -14.0. The zero-order chi connectivity index (χ0) is 28.6. The summed E-state index contributed by atoms with van der Waals surface area (Å²) in [6, 6.07) is 0. The molecule has 0 fully saturated rings. The van der Waals surface area contributed by atoms with E-state index in [0.29, 0.717) is 0 Å². The van der Waals surface area contributed by atoms with Crippen molar-refractivity contribution in [2.24, 2.45) is 0 Å². The standard InChI is InChI=1S/C10H2F20O3S.K/c11-1(3(14,15)16)2(12,13)4(17,18)5(19,20)6(21,22)7(23,24)8(25,26)9(27,28)10(29,30)34(31,32)33;/h1H,(H,31,32,33);/q;+1/p-1. The van der Waals surface area contributed by atoms with Gasteiger partial charge in [-0.25, -0.2) is 12.8 Å². The zero-order valence-corrected chi connectivity index (χ0v) is 19.2. The molecule has 3 nitrogen and oxygen atoms in total. The van der Waals surface area contributed by atoms with Crippen molar-refractivity contribution in [3.05, 3.63) is 0 Å². The molecule has 0 saturated carbocycles. The van der Waals surface area contributed by atoms with Gasteiger partial charge in [0.05, 0.1) is 0 Å². The van der Waals surface area contributed by atoms with Crippen LogP contribution in [-0.2, 0) is 10.1 Å². The topological polar surface area (TPSA) is 57.2 Å². The van der Waals surface area contributed by atoms with Crippen LogP contribution in [-0.4, -0.2) is 72.0 Å². The molecular weight excluding hydrogens is 619 g/mol. The molecule has 1 unspecified atom stereocenters. The van der Waals surface area contributed by atoms with Crippen LogP contribution in [0, 0.1) is 0 Å². The zero-order valence-electron chi connectivity index (χ0n) is 15.3. The van der Waals surface area contributed by atoms with E-state index in [0.717, 1.165) is 0 Å². The van der Waals surface area contributed by atoms with Crippen molar-refractivity contribution in [3.8, 4) is 0 Å². The van der Waals surface area contributed by atoms with Crippen molar-refractivity contribution in [2.75, 3.05) is 0 Å². The summed E-state index contributed by atoms with van der Waals surface area (Å²) in [7, 11) is -8.29. The second-order valence-corrected chi connectivity index (χ2v) is 7.37. The molecule has 0 aliphatic heterocycles. The van der Waals surface area contributed by atoms with Crippen molar-refractivity contribution >= 4 is 10.1 Å². The largest absolute Gasteiger partial charge is 1.00 e. The Morgan fingerprint density at radius 2 is 0.714 bits per heavy atom. The molecule has 35 heavy (non-hydrogen) atoms. The fraction of sp³-hybridized carbons (Fsp3) is 1.00. The Hall–Kier alpha value is 0.146. The van der Waals surface area contributed by atoms with E-state index in [1.54, 1.807) is 0 Å². The van der Waals surface area contributed by atoms with E-state index in [-0.39, 0.29) is 51.4 Å². The first-order valence-corrected chi connectivity index (χ1v) is 8.25. The molecular formula is C10HF20KO3S. The van der Waals surface area contributed by atoms with Gasteiger partial charge in [0.25, 0.3) is 6.17 Å². The van der Waals surface area contributed by atoms with Crippen molar-refractivity contribution in [1.29, 1.82) is 0 Å². The van der Waals surface area contributed by atoms with Gasteiger partial charge >= 0.3 is 104 Å². The summed E-state index contributed by atoms with van der Waals surface area (Å²) in [5.74, 6) is -62.3. The van der Waals surface area contributed by atoms with Crippen molar-refractivity contribution in [1.82, 2.24) is 0 Å². The van der Waals surface area contributed by atoms with E-state index in [1.165, 1.54) is 0 Å². The van der Waals surface area contributed by atoms with Crippen LogP contribution in [0.4, 0.5) is 87.8 Å². The molecule has 0 radical (unpaired) electrons. The van der Waals surface area contributed by atoms with Gasteiger partial charge in [0.15, 0.2) is 10.1 Å². The van der Waals surface area contributed by atoms with Crippen LogP contribution in [0.25, 0.3) is 0 Å². The minimum absolute atomic E-state index is 0. The van der Waals surface area contributed by atoms with Crippen molar-refractivity contribution in [3.63, 3.8) is 0 Å². The molecule has 25 heteroatoms. The average molecular weight is 620 g/mol. The Morgan fingerprint density at radius 3 is 0.943 bits per heavy atom. The number of rotatable bonds is 9. The van der Waals surface area contributed by atoms with Gasteiger partial charge in [-0.2, -0.15) is 83.4 Å². The van der Waals surface area contributed by atoms with Gasteiger partial charge in [0.2, 0.25) is 0 Å². The van der Waals surface area contributed by atoms with Gasteiger partial charge in [-0.1, -0.05) is 0 Å². The van der Waals surface area contributed by atoms with Crippen LogP contribution in [0.2, 0.25) is 0 Å². The maximum absolute atomic E-state index is 13.3. The minimum Gasteiger partial charge on any atom is -0.743 e. The molecule has 0 bridgehead atoms. The van der Waals surface area contributed by atoms with Crippen LogP contribution in [0.5, 0.6) is 0 Å². The van der Waals surface area contributed by atoms with Crippen LogP contribution in [0.1, 0.15) is 0 Å². The molecule has 0 aliphatic rings. The van der Waals surface area contributed by atoms with E-state index in [4.69, 9.17) is 0 Å². The third kappa shape index (κ3) is 4.98. The molecule has 0 rings (SSSR count). The van der Waals surface area contributed by atoms with E-state index >= 15 is 0 Å². The van der Waals surface area contributed by atoms with E-state index in [9.17, 15) is 101 Å². The third-order valence-corrected chi connectivity index (χ3v) is 4.56. The molecule has 0 heterocycles. The van der Waals surface area contributed by atoms with Gasteiger partial charge in [0.1, 0.15) is 0 Å². The Labute approximate surface area is 220 Å². The van der Waals surface area contributed by atoms with E-state index in [1.807, 2.05) is 0 Å². The quantitative estimate of drug-likeness (QED) is 0.226. The van der Waals surface area contributed by atoms with Gasteiger partial charge in [-0.05, 0) is 0 Å². The molecule has 206 valence electrons. The van der Waals surface area contributed by atoms with Crippen LogP contribution in [0.15, 0.2) is 0 Å². The van der Waals surface area contributed by atoms with Crippen LogP contribution >= 0.6 is 0 Å². The van der Waals surface area contributed by atoms with Gasteiger partial charge in [-0.15, -0.1) is 0 Å². The molecule has 0 aliphatic carbocycles. The number of halogens is 20. The van der Waals surface area contributed by atoms with Gasteiger partial charge in [-0.3, -0.25) is 0 Å². The summed E-state index contributed by atoms with van der Waals surface area (Å²) >= 11 is 0. The predicted molar refractivity (Wildman–Crippen MR) is 60.2 cm³/mol. The average Bonchev–Trinajstić information content (AvgIpc) is 2.57. The normalized spacial score (nSPS) is 17.2. The van der Waals surface area contributed by atoms with Crippen LogP contribution < -0.4 is 51.4 Å². The molecule has 0 aromatic heterocycles. The molecule has 1 atom stereocenters. The summed E-state index contributed by atoms with van der Waals surface area (Å²) in [4.78, 5) is 0. The Balaban J connectivity index is 0. The Bertz CT molecular complexity index is 876. The second kappa shape index (κ2) is 9.41. The van der Waals surface area contributed by atoms with E-state index in [2.05, 4.69) is 0 Å². The van der Waals surface area contributed by atoms with E-state index < -0.39 is 69.2 Å². The molecule has 0 aromatic rings. The number of alkyl halides is 20. The first kappa shape index (κ1) is 37.3. The smallest absolute Gasteiger partial charge is 0.743 e.